The molecule has 10 heteroatoms. The average Bonchev–Trinajstić information content (AvgIpc) is 3.20. The van der Waals surface area contributed by atoms with E-state index in [9.17, 15) is 13.2 Å². The maximum atomic E-state index is 12.9. The zero-order chi connectivity index (χ0) is 24.0. The van der Waals surface area contributed by atoms with Gasteiger partial charge in [0.1, 0.15) is 10.8 Å². The van der Waals surface area contributed by atoms with Crippen LogP contribution in [-0.4, -0.2) is 43.4 Å². The van der Waals surface area contributed by atoms with Crippen LogP contribution in [0.3, 0.4) is 0 Å². The lowest BCUT2D eigenvalue weighted by atomic mass is 9.86. The second kappa shape index (κ2) is 8.42. The molecule has 0 saturated carbocycles. The van der Waals surface area contributed by atoms with E-state index in [1.54, 1.807) is 6.07 Å². The summed E-state index contributed by atoms with van der Waals surface area (Å²) in [5.74, 6) is -0.141. The first-order valence-corrected chi connectivity index (χ1v) is 13.1. The summed E-state index contributed by atoms with van der Waals surface area (Å²) in [6.45, 7) is 8.02. The highest BCUT2D eigenvalue weighted by Crippen LogP contribution is 2.39. The molecule has 1 unspecified atom stereocenters. The first kappa shape index (κ1) is 23.2. The summed E-state index contributed by atoms with van der Waals surface area (Å²) in [6, 6.07) is 13.3. The van der Waals surface area contributed by atoms with Gasteiger partial charge in [-0.1, -0.05) is 68.0 Å². The zero-order valence-electron chi connectivity index (χ0n) is 19.1. The van der Waals surface area contributed by atoms with Gasteiger partial charge >= 0.3 is 0 Å². The van der Waals surface area contributed by atoms with Gasteiger partial charge < -0.3 is 4.74 Å². The molecule has 0 radical (unpaired) electrons. The highest BCUT2D eigenvalue weighted by molar-refractivity contribution is 7.92. The van der Waals surface area contributed by atoms with Crippen molar-refractivity contribution in [3.05, 3.63) is 53.6 Å². The highest BCUT2D eigenvalue weighted by atomic mass is 32.2. The molecule has 1 N–H and O–H groups in total. The van der Waals surface area contributed by atoms with Crippen LogP contribution in [0, 0.1) is 6.92 Å². The molecule has 0 bridgehead atoms. The Labute approximate surface area is 197 Å². The van der Waals surface area contributed by atoms with E-state index in [-0.39, 0.29) is 12.0 Å². The van der Waals surface area contributed by atoms with Gasteiger partial charge in [-0.15, -0.1) is 10.2 Å². The van der Waals surface area contributed by atoms with Crippen molar-refractivity contribution >= 4 is 38.1 Å². The maximum Gasteiger partial charge on any atom is 0.269 e. The molecule has 0 aliphatic carbocycles. The van der Waals surface area contributed by atoms with Gasteiger partial charge in [0.2, 0.25) is 15.2 Å². The lowest BCUT2D eigenvalue weighted by Crippen LogP contribution is -2.48. The third kappa shape index (κ3) is 5.01. The smallest absolute Gasteiger partial charge is 0.269 e. The topological polar surface area (TPSA) is 101 Å². The Bertz CT molecular complexity index is 1290. The maximum absolute atomic E-state index is 12.9. The standard InChI is InChI=1S/C23H26N4O4S2/c1-14-6-8-15(9-7-14)21-25-26-22(32-21)24-20(28)19-13-27(33(5,29)30)17-12-16(23(2,3)4)10-11-18(17)31-19/h6-12,19H,13H2,1-5H3,(H,24,26,28). The molecule has 1 atom stereocenters. The summed E-state index contributed by atoms with van der Waals surface area (Å²) in [7, 11) is -3.63. The Balaban J connectivity index is 1.56. The third-order valence-electron chi connectivity index (χ3n) is 5.34. The molecule has 33 heavy (non-hydrogen) atoms. The first-order valence-electron chi connectivity index (χ1n) is 10.4. The number of rotatable bonds is 4. The number of nitrogens with one attached hydrogen (secondary N) is 1. The summed E-state index contributed by atoms with van der Waals surface area (Å²) >= 11 is 1.24. The van der Waals surface area contributed by atoms with Gasteiger partial charge in [-0.2, -0.15) is 0 Å². The molecular formula is C23H26N4O4S2. The van der Waals surface area contributed by atoms with E-state index in [0.717, 1.165) is 22.9 Å². The van der Waals surface area contributed by atoms with Crippen molar-refractivity contribution in [3.63, 3.8) is 0 Å². The number of anilines is 2. The molecule has 174 valence electrons. The Morgan fingerprint density at radius 1 is 1.15 bits per heavy atom. The largest absolute Gasteiger partial charge is 0.476 e. The number of carbonyl (C=O) groups is 1. The zero-order valence-corrected chi connectivity index (χ0v) is 20.8. The Hall–Kier alpha value is -2.98. The quantitative estimate of drug-likeness (QED) is 0.599. The van der Waals surface area contributed by atoms with Crippen molar-refractivity contribution in [1.29, 1.82) is 0 Å². The van der Waals surface area contributed by atoms with Gasteiger partial charge in [0.05, 0.1) is 18.5 Å². The van der Waals surface area contributed by atoms with Gasteiger partial charge in [0, 0.05) is 5.56 Å². The number of aromatic nitrogens is 2. The van der Waals surface area contributed by atoms with Crippen LogP contribution in [0.1, 0.15) is 31.9 Å². The minimum Gasteiger partial charge on any atom is -0.476 e. The normalized spacial score (nSPS) is 16.2. The SMILES string of the molecule is Cc1ccc(-c2nnc(NC(=O)C3CN(S(C)(=O)=O)c4cc(C(C)(C)C)ccc4O3)s2)cc1. The molecular weight excluding hydrogens is 460 g/mol. The number of fused-ring (bicyclic) bond motifs is 1. The monoisotopic (exact) mass is 486 g/mol. The first-order chi connectivity index (χ1) is 15.4. The molecule has 0 fully saturated rings. The van der Waals surface area contributed by atoms with Crippen LogP contribution in [0.15, 0.2) is 42.5 Å². The number of amides is 1. The second-order valence-corrected chi connectivity index (χ2v) is 12.0. The number of hydrogen-bond donors (Lipinski definition) is 1. The predicted octanol–water partition coefficient (Wildman–Crippen LogP) is 3.98. The second-order valence-electron chi connectivity index (χ2n) is 9.10. The van der Waals surface area contributed by atoms with Crippen LogP contribution < -0.4 is 14.4 Å². The fraction of sp³-hybridized carbons (Fsp3) is 0.348. The van der Waals surface area contributed by atoms with Crippen molar-refractivity contribution in [1.82, 2.24) is 10.2 Å². The number of carbonyl (C=O) groups excluding carboxylic acids is 1. The van der Waals surface area contributed by atoms with Crippen molar-refractivity contribution in [2.45, 2.75) is 39.2 Å². The van der Waals surface area contributed by atoms with Gasteiger partial charge in [0.15, 0.2) is 6.10 Å². The van der Waals surface area contributed by atoms with E-state index in [2.05, 4.69) is 15.5 Å². The van der Waals surface area contributed by atoms with Crippen molar-refractivity contribution < 1.29 is 17.9 Å². The van der Waals surface area contributed by atoms with E-state index >= 15 is 0 Å². The molecule has 0 saturated heterocycles. The van der Waals surface area contributed by atoms with E-state index in [0.29, 0.717) is 21.6 Å². The van der Waals surface area contributed by atoms with E-state index in [4.69, 9.17) is 4.74 Å². The number of nitrogens with zero attached hydrogens (tertiary/aromatic N) is 3. The lowest BCUT2D eigenvalue weighted by Gasteiger charge is -2.35. The number of ether oxygens (including phenoxy) is 1. The lowest BCUT2D eigenvalue weighted by molar-refractivity contribution is -0.122. The summed E-state index contributed by atoms with van der Waals surface area (Å²) in [6.07, 6.45) is 0.0961. The van der Waals surface area contributed by atoms with Crippen molar-refractivity contribution in [2.24, 2.45) is 0 Å². The van der Waals surface area contributed by atoms with Crippen molar-refractivity contribution in [2.75, 3.05) is 22.4 Å². The molecule has 8 nitrogen and oxygen atoms in total. The Morgan fingerprint density at radius 2 is 1.85 bits per heavy atom. The van der Waals surface area contributed by atoms with Crippen LogP contribution in [0.2, 0.25) is 0 Å². The summed E-state index contributed by atoms with van der Waals surface area (Å²) in [4.78, 5) is 12.9. The molecule has 1 aromatic heterocycles. The summed E-state index contributed by atoms with van der Waals surface area (Å²) in [5, 5.41) is 11.9. The Kier molecular flexibility index (Phi) is 5.92. The van der Waals surface area contributed by atoms with Crippen LogP contribution in [0.4, 0.5) is 10.8 Å². The van der Waals surface area contributed by atoms with E-state index in [1.165, 1.54) is 15.6 Å². The van der Waals surface area contributed by atoms with E-state index < -0.39 is 22.0 Å². The van der Waals surface area contributed by atoms with Gasteiger partial charge in [0.25, 0.3) is 5.91 Å². The third-order valence-corrected chi connectivity index (χ3v) is 7.38. The molecule has 0 spiro atoms. The van der Waals surface area contributed by atoms with Crippen LogP contribution >= 0.6 is 11.3 Å². The van der Waals surface area contributed by atoms with Gasteiger partial charge in [-0.25, -0.2) is 8.42 Å². The molecule has 3 aromatic rings. The highest BCUT2D eigenvalue weighted by Gasteiger charge is 2.36. The summed E-state index contributed by atoms with van der Waals surface area (Å²) < 4.78 is 32.2. The Morgan fingerprint density at radius 3 is 2.48 bits per heavy atom. The van der Waals surface area contributed by atoms with Crippen LogP contribution in [0.5, 0.6) is 5.75 Å². The minimum atomic E-state index is -3.63. The van der Waals surface area contributed by atoms with Gasteiger partial charge in [-0.05, 0) is 30.0 Å². The molecule has 2 heterocycles. The average molecular weight is 487 g/mol. The van der Waals surface area contributed by atoms with E-state index in [1.807, 2.05) is 64.1 Å². The molecule has 1 amide bonds. The molecule has 1 aliphatic rings. The minimum absolute atomic E-state index is 0.130. The van der Waals surface area contributed by atoms with Crippen molar-refractivity contribution in [3.8, 4) is 16.3 Å². The van der Waals surface area contributed by atoms with Gasteiger partial charge in [-0.3, -0.25) is 14.4 Å². The molecule has 1 aliphatic heterocycles. The fourth-order valence-electron chi connectivity index (χ4n) is 3.44. The molecule has 2 aromatic carbocycles. The number of hydrogen-bond acceptors (Lipinski definition) is 7. The molecule has 4 rings (SSSR count). The number of sulfonamides is 1. The van der Waals surface area contributed by atoms with Crippen LogP contribution in [-0.2, 0) is 20.2 Å². The number of benzene rings is 2. The summed E-state index contributed by atoms with van der Waals surface area (Å²) in [5.41, 5.74) is 3.28. The number of aryl methyl sites for hydroxylation is 1. The fourth-order valence-corrected chi connectivity index (χ4v) is 5.10. The predicted molar refractivity (Wildman–Crippen MR) is 130 cm³/mol. The van der Waals surface area contributed by atoms with Crippen LogP contribution in [0.25, 0.3) is 10.6 Å².